The number of carbonyl (C=O) groups excluding carboxylic acids is 1. The molecule has 112 valence electrons. The number of hydrogen-bond acceptors (Lipinski definition) is 4. The number of rotatable bonds is 9. The number of esters is 1. The number of ether oxygens (including phenoxy) is 3. The van der Waals surface area contributed by atoms with E-state index in [4.69, 9.17) is 14.2 Å². The van der Waals surface area contributed by atoms with E-state index in [2.05, 4.69) is 13.8 Å². The van der Waals surface area contributed by atoms with E-state index in [1.807, 2.05) is 19.1 Å². The molecule has 0 aromatic heterocycles. The fourth-order valence-electron chi connectivity index (χ4n) is 1.64. The maximum atomic E-state index is 11.8. The summed E-state index contributed by atoms with van der Waals surface area (Å²) in [5, 5.41) is 0. The summed E-state index contributed by atoms with van der Waals surface area (Å²) in [6.07, 6.45) is 0. The molecular weight excluding hydrogens is 256 g/mol. The zero-order valence-electron chi connectivity index (χ0n) is 12.6. The van der Waals surface area contributed by atoms with Gasteiger partial charge >= 0.3 is 5.97 Å². The standard InChI is InChI=1S/C16H24O4/c1-4-18-9-10-19-11-12-20-16(17)15-7-5-14(6-8-15)13(2)3/h5-8,13H,4,9-12H2,1-3H3. The van der Waals surface area contributed by atoms with Crippen LogP contribution in [0.25, 0.3) is 0 Å². The molecule has 20 heavy (non-hydrogen) atoms. The highest BCUT2D eigenvalue weighted by Crippen LogP contribution is 2.15. The summed E-state index contributed by atoms with van der Waals surface area (Å²) in [5.74, 6) is 0.146. The Morgan fingerprint density at radius 1 is 1.00 bits per heavy atom. The van der Waals surface area contributed by atoms with Crippen LogP contribution in [0.2, 0.25) is 0 Å². The van der Waals surface area contributed by atoms with Crippen LogP contribution < -0.4 is 0 Å². The minimum absolute atomic E-state index is 0.261. The van der Waals surface area contributed by atoms with Crippen LogP contribution >= 0.6 is 0 Å². The van der Waals surface area contributed by atoms with Crippen LogP contribution in [-0.4, -0.2) is 39.0 Å². The topological polar surface area (TPSA) is 44.8 Å². The maximum absolute atomic E-state index is 11.8. The molecule has 0 N–H and O–H groups in total. The zero-order chi connectivity index (χ0) is 14.8. The molecule has 0 saturated carbocycles. The first kappa shape index (κ1) is 16.7. The second-order valence-corrected chi connectivity index (χ2v) is 4.72. The highest BCUT2D eigenvalue weighted by atomic mass is 16.6. The monoisotopic (exact) mass is 280 g/mol. The molecule has 0 aliphatic carbocycles. The Morgan fingerprint density at radius 2 is 1.60 bits per heavy atom. The smallest absolute Gasteiger partial charge is 0.338 e. The van der Waals surface area contributed by atoms with Gasteiger partial charge in [-0.05, 0) is 30.5 Å². The quantitative estimate of drug-likeness (QED) is 0.515. The molecule has 0 spiro atoms. The second-order valence-electron chi connectivity index (χ2n) is 4.72. The van der Waals surface area contributed by atoms with Gasteiger partial charge in [-0.25, -0.2) is 4.79 Å². The average Bonchev–Trinajstić information content (AvgIpc) is 2.46. The molecule has 0 aliphatic rings. The minimum Gasteiger partial charge on any atom is -0.460 e. The van der Waals surface area contributed by atoms with Crippen LogP contribution in [0.4, 0.5) is 0 Å². The summed E-state index contributed by atoms with van der Waals surface area (Å²) < 4.78 is 15.5. The molecule has 1 rings (SSSR count). The van der Waals surface area contributed by atoms with Gasteiger partial charge in [0.25, 0.3) is 0 Å². The fourth-order valence-corrected chi connectivity index (χ4v) is 1.64. The van der Waals surface area contributed by atoms with Crippen molar-refractivity contribution in [3.63, 3.8) is 0 Å². The second kappa shape index (κ2) is 9.50. The first-order valence-electron chi connectivity index (χ1n) is 7.07. The highest BCUT2D eigenvalue weighted by Gasteiger charge is 2.07. The Balaban J connectivity index is 2.22. The summed E-state index contributed by atoms with van der Waals surface area (Å²) >= 11 is 0. The lowest BCUT2D eigenvalue weighted by molar-refractivity contribution is 0.0164. The maximum Gasteiger partial charge on any atom is 0.338 e. The van der Waals surface area contributed by atoms with Crippen LogP contribution in [-0.2, 0) is 14.2 Å². The first-order chi connectivity index (χ1) is 9.65. The molecule has 0 bridgehead atoms. The predicted molar refractivity (Wildman–Crippen MR) is 78.1 cm³/mol. The van der Waals surface area contributed by atoms with Crippen molar-refractivity contribution in [3.05, 3.63) is 35.4 Å². The van der Waals surface area contributed by atoms with Gasteiger partial charge in [-0.1, -0.05) is 26.0 Å². The number of hydrogen-bond donors (Lipinski definition) is 0. The molecule has 4 nitrogen and oxygen atoms in total. The van der Waals surface area contributed by atoms with Crippen molar-refractivity contribution >= 4 is 5.97 Å². The van der Waals surface area contributed by atoms with Gasteiger partial charge in [-0.3, -0.25) is 0 Å². The Hall–Kier alpha value is -1.39. The van der Waals surface area contributed by atoms with Crippen molar-refractivity contribution in [2.45, 2.75) is 26.7 Å². The van der Waals surface area contributed by atoms with Crippen molar-refractivity contribution in [2.24, 2.45) is 0 Å². The Labute approximate surface area is 121 Å². The lowest BCUT2D eigenvalue weighted by Crippen LogP contribution is -2.13. The van der Waals surface area contributed by atoms with E-state index in [1.165, 1.54) is 5.56 Å². The molecule has 1 aromatic carbocycles. The molecule has 0 unspecified atom stereocenters. The van der Waals surface area contributed by atoms with Crippen LogP contribution in [0.5, 0.6) is 0 Å². The van der Waals surface area contributed by atoms with E-state index in [0.29, 0.717) is 37.9 Å². The van der Waals surface area contributed by atoms with Crippen LogP contribution in [0.3, 0.4) is 0 Å². The van der Waals surface area contributed by atoms with Crippen molar-refractivity contribution in [2.75, 3.05) is 33.0 Å². The molecule has 0 aliphatic heterocycles. The van der Waals surface area contributed by atoms with Gasteiger partial charge in [0, 0.05) is 6.61 Å². The van der Waals surface area contributed by atoms with Crippen molar-refractivity contribution in [1.29, 1.82) is 0 Å². The normalized spacial score (nSPS) is 10.8. The summed E-state index contributed by atoms with van der Waals surface area (Å²) in [7, 11) is 0. The highest BCUT2D eigenvalue weighted by molar-refractivity contribution is 5.89. The van der Waals surface area contributed by atoms with Crippen molar-refractivity contribution < 1.29 is 19.0 Å². The first-order valence-corrected chi connectivity index (χ1v) is 7.07. The fraction of sp³-hybridized carbons (Fsp3) is 0.562. The molecule has 1 aromatic rings. The van der Waals surface area contributed by atoms with Crippen molar-refractivity contribution in [1.82, 2.24) is 0 Å². The molecule has 0 saturated heterocycles. The molecule has 0 radical (unpaired) electrons. The molecule has 0 heterocycles. The van der Waals surface area contributed by atoms with E-state index in [-0.39, 0.29) is 12.6 Å². The van der Waals surface area contributed by atoms with Crippen LogP contribution in [0.1, 0.15) is 42.6 Å². The van der Waals surface area contributed by atoms with Crippen LogP contribution in [0.15, 0.2) is 24.3 Å². The molecule has 4 heteroatoms. The molecular formula is C16H24O4. The third-order valence-electron chi connectivity index (χ3n) is 2.85. The SMILES string of the molecule is CCOCCOCCOC(=O)c1ccc(C(C)C)cc1. The predicted octanol–water partition coefficient (Wildman–Crippen LogP) is 3.02. The number of benzene rings is 1. The lowest BCUT2D eigenvalue weighted by atomic mass is 10.0. The Morgan fingerprint density at radius 3 is 2.20 bits per heavy atom. The third-order valence-corrected chi connectivity index (χ3v) is 2.85. The van der Waals surface area contributed by atoms with Gasteiger partial charge in [-0.15, -0.1) is 0 Å². The molecule has 0 atom stereocenters. The van der Waals surface area contributed by atoms with E-state index >= 15 is 0 Å². The van der Waals surface area contributed by atoms with Gasteiger partial charge in [0.1, 0.15) is 6.61 Å². The lowest BCUT2D eigenvalue weighted by Gasteiger charge is -2.08. The third kappa shape index (κ3) is 6.17. The minimum atomic E-state index is -0.311. The summed E-state index contributed by atoms with van der Waals surface area (Å²) in [4.78, 5) is 11.8. The summed E-state index contributed by atoms with van der Waals surface area (Å²) in [6.45, 7) is 8.60. The van der Waals surface area contributed by atoms with Gasteiger partial charge in [0.2, 0.25) is 0 Å². The van der Waals surface area contributed by atoms with Gasteiger partial charge in [0.15, 0.2) is 0 Å². The molecule has 0 fully saturated rings. The van der Waals surface area contributed by atoms with E-state index in [1.54, 1.807) is 12.1 Å². The zero-order valence-corrected chi connectivity index (χ0v) is 12.6. The van der Waals surface area contributed by atoms with Gasteiger partial charge in [0.05, 0.1) is 25.4 Å². The van der Waals surface area contributed by atoms with E-state index in [0.717, 1.165) is 0 Å². The Kier molecular flexibility index (Phi) is 7.92. The summed E-state index contributed by atoms with van der Waals surface area (Å²) in [5.41, 5.74) is 1.78. The average molecular weight is 280 g/mol. The number of carbonyl (C=O) groups is 1. The summed E-state index contributed by atoms with van der Waals surface area (Å²) in [6, 6.07) is 7.51. The van der Waals surface area contributed by atoms with E-state index in [9.17, 15) is 4.79 Å². The molecule has 0 amide bonds. The largest absolute Gasteiger partial charge is 0.460 e. The van der Waals surface area contributed by atoms with Gasteiger partial charge in [-0.2, -0.15) is 0 Å². The van der Waals surface area contributed by atoms with Crippen LogP contribution in [0, 0.1) is 0 Å². The Bertz CT molecular complexity index is 384. The van der Waals surface area contributed by atoms with E-state index < -0.39 is 0 Å². The van der Waals surface area contributed by atoms with Crippen molar-refractivity contribution in [3.8, 4) is 0 Å². The van der Waals surface area contributed by atoms with Gasteiger partial charge < -0.3 is 14.2 Å².